The molecule has 2 unspecified atom stereocenters. The average Bonchev–Trinajstić information content (AvgIpc) is 2.75. The van der Waals surface area contributed by atoms with Crippen LogP contribution >= 0.6 is 0 Å². The van der Waals surface area contributed by atoms with Crippen LogP contribution in [0.2, 0.25) is 0 Å². The SMILES string of the molecule is COCCCOc1cc(CC(C/C=C/CC(C(=O)N(C)C)C(C)C)C(C)C)cnc1OC. The van der Waals surface area contributed by atoms with Gasteiger partial charge in [0, 0.05) is 46.3 Å². The summed E-state index contributed by atoms with van der Waals surface area (Å²) < 4.78 is 16.3. The number of nitrogens with zero attached hydrogens (tertiary/aromatic N) is 2. The lowest BCUT2D eigenvalue weighted by Crippen LogP contribution is -2.32. The maximum Gasteiger partial charge on any atom is 0.256 e. The first-order valence-electron chi connectivity index (χ1n) is 11.7. The second-order valence-electron chi connectivity index (χ2n) is 9.28. The number of methoxy groups -OCH3 is 2. The van der Waals surface area contributed by atoms with Gasteiger partial charge in [0.25, 0.3) is 5.88 Å². The molecule has 1 rings (SSSR count). The summed E-state index contributed by atoms with van der Waals surface area (Å²) in [6, 6.07) is 2.04. The molecule has 0 aromatic carbocycles. The Kier molecular flexibility index (Phi) is 13.0. The van der Waals surface area contributed by atoms with E-state index in [4.69, 9.17) is 14.2 Å². The van der Waals surface area contributed by atoms with Crippen LogP contribution in [0.4, 0.5) is 0 Å². The summed E-state index contributed by atoms with van der Waals surface area (Å²) in [7, 11) is 6.95. The van der Waals surface area contributed by atoms with Crippen molar-refractivity contribution in [2.75, 3.05) is 41.5 Å². The van der Waals surface area contributed by atoms with Gasteiger partial charge in [-0.05, 0) is 48.6 Å². The first-order valence-corrected chi connectivity index (χ1v) is 11.7. The van der Waals surface area contributed by atoms with Crippen molar-refractivity contribution < 1.29 is 19.0 Å². The van der Waals surface area contributed by atoms with E-state index in [0.29, 0.717) is 42.6 Å². The Morgan fingerprint density at radius 3 is 2.31 bits per heavy atom. The fourth-order valence-electron chi connectivity index (χ4n) is 3.62. The third kappa shape index (κ3) is 9.60. The lowest BCUT2D eigenvalue weighted by molar-refractivity contribution is -0.134. The van der Waals surface area contributed by atoms with Gasteiger partial charge in [0.15, 0.2) is 5.75 Å². The minimum absolute atomic E-state index is 0.0300. The lowest BCUT2D eigenvalue weighted by atomic mass is 9.86. The van der Waals surface area contributed by atoms with E-state index >= 15 is 0 Å². The van der Waals surface area contributed by atoms with Crippen molar-refractivity contribution in [1.29, 1.82) is 0 Å². The van der Waals surface area contributed by atoms with E-state index in [9.17, 15) is 4.79 Å². The smallest absolute Gasteiger partial charge is 0.256 e. The maximum absolute atomic E-state index is 12.4. The number of amides is 1. The molecule has 32 heavy (non-hydrogen) atoms. The Morgan fingerprint density at radius 1 is 1.06 bits per heavy atom. The van der Waals surface area contributed by atoms with Crippen molar-refractivity contribution >= 4 is 5.91 Å². The van der Waals surface area contributed by atoms with Gasteiger partial charge in [-0.25, -0.2) is 4.98 Å². The summed E-state index contributed by atoms with van der Waals surface area (Å²) in [4.78, 5) is 18.6. The summed E-state index contributed by atoms with van der Waals surface area (Å²) in [5.41, 5.74) is 1.14. The van der Waals surface area contributed by atoms with Crippen molar-refractivity contribution in [2.24, 2.45) is 23.7 Å². The molecule has 2 atom stereocenters. The largest absolute Gasteiger partial charge is 0.488 e. The molecule has 1 aromatic rings. The summed E-state index contributed by atoms with van der Waals surface area (Å²) in [5, 5.41) is 0. The van der Waals surface area contributed by atoms with E-state index in [1.165, 1.54) is 0 Å². The Hall–Kier alpha value is -2.08. The van der Waals surface area contributed by atoms with E-state index in [-0.39, 0.29) is 11.8 Å². The zero-order chi connectivity index (χ0) is 24.1. The van der Waals surface area contributed by atoms with Crippen molar-refractivity contribution in [1.82, 2.24) is 9.88 Å². The van der Waals surface area contributed by atoms with Gasteiger partial charge in [0.2, 0.25) is 5.91 Å². The van der Waals surface area contributed by atoms with Crippen molar-refractivity contribution in [3.05, 3.63) is 30.0 Å². The minimum atomic E-state index is 0.0300. The Balaban J connectivity index is 2.78. The molecule has 0 aliphatic heterocycles. The third-order valence-corrected chi connectivity index (χ3v) is 5.82. The van der Waals surface area contributed by atoms with Crippen LogP contribution in [0.3, 0.4) is 0 Å². The number of ether oxygens (including phenoxy) is 3. The number of carbonyl (C=O) groups excluding carboxylic acids is 1. The zero-order valence-corrected chi connectivity index (χ0v) is 21.4. The van der Waals surface area contributed by atoms with Crippen LogP contribution < -0.4 is 9.47 Å². The first-order chi connectivity index (χ1) is 15.2. The molecule has 0 N–H and O–H groups in total. The quantitative estimate of drug-likeness (QED) is 0.279. The van der Waals surface area contributed by atoms with E-state index in [1.807, 2.05) is 26.4 Å². The number of aromatic nitrogens is 1. The Labute approximate surface area is 195 Å². The monoisotopic (exact) mass is 448 g/mol. The minimum Gasteiger partial charge on any atom is -0.488 e. The van der Waals surface area contributed by atoms with Crippen LogP contribution in [0, 0.1) is 23.7 Å². The molecule has 0 fully saturated rings. The molecule has 6 heteroatoms. The predicted molar refractivity (Wildman–Crippen MR) is 130 cm³/mol. The first kappa shape index (κ1) is 28.0. The van der Waals surface area contributed by atoms with E-state index in [0.717, 1.165) is 31.2 Å². The van der Waals surface area contributed by atoms with E-state index in [2.05, 4.69) is 44.8 Å². The zero-order valence-electron chi connectivity index (χ0n) is 21.4. The summed E-state index contributed by atoms with van der Waals surface area (Å²) in [5.74, 6) is 2.75. The molecule has 1 aromatic heterocycles. The van der Waals surface area contributed by atoms with E-state index in [1.54, 1.807) is 19.1 Å². The van der Waals surface area contributed by atoms with Crippen LogP contribution in [0.15, 0.2) is 24.4 Å². The van der Waals surface area contributed by atoms with Gasteiger partial charge in [-0.2, -0.15) is 0 Å². The average molecular weight is 449 g/mol. The number of carbonyl (C=O) groups is 1. The molecule has 0 saturated carbocycles. The van der Waals surface area contributed by atoms with Gasteiger partial charge >= 0.3 is 0 Å². The maximum atomic E-state index is 12.4. The van der Waals surface area contributed by atoms with Gasteiger partial charge in [-0.3, -0.25) is 4.79 Å². The van der Waals surface area contributed by atoms with Crippen LogP contribution in [0.25, 0.3) is 0 Å². The molecule has 0 radical (unpaired) electrons. The molecule has 0 spiro atoms. The highest BCUT2D eigenvalue weighted by Gasteiger charge is 2.22. The van der Waals surface area contributed by atoms with Crippen LogP contribution in [-0.2, 0) is 16.0 Å². The normalized spacial score (nSPS) is 13.6. The van der Waals surface area contributed by atoms with Crippen LogP contribution in [0.5, 0.6) is 11.6 Å². The molecule has 182 valence electrons. The predicted octanol–water partition coefficient (Wildman–Crippen LogP) is 5.02. The molecule has 0 saturated heterocycles. The molecule has 1 heterocycles. The summed E-state index contributed by atoms with van der Waals surface area (Å²) >= 11 is 0. The Bertz CT molecular complexity index is 701. The standard InChI is InChI=1S/C26H44N2O4/c1-19(2)22(12-9-10-13-23(20(3)4)26(29)28(5)6)16-21-17-24(25(31-8)27-18-21)32-15-11-14-30-7/h9-10,17-20,22-23H,11-16H2,1-8H3/b10-9+. The topological polar surface area (TPSA) is 60.9 Å². The highest BCUT2D eigenvalue weighted by Crippen LogP contribution is 2.29. The molecular weight excluding hydrogens is 404 g/mol. The number of hydrogen-bond acceptors (Lipinski definition) is 5. The molecule has 1 amide bonds. The summed E-state index contributed by atoms with van der Waals surface area (Å²) in [6.45, 7) is 9.96. The van der Waals surface area contributed by atoms with Crippen molar-refractivity contribution in [2.45, 2.75) is 53.4 Å². The van der Waals surface area contributed by atoms with Crippen molar-refractivity contribution in [3.63, 3.8) is 0 Å². The molecular formula is C26H44N2O4. The number of rotatable bonds is 15. The second kappa shape index (κ2) is 14.9. The highest BCUT2D eigenvalue weighted by atomic mass is 16.5. The molecule has 0 aliphatic rings. The number of hydrogen-bond donors (Lipinski definition) is 0. The van der Waals surface area contributed by atoms with Gasteiger partial charge < -0.3 is 19.1 Å². The van der Waals surface area contributed by atoms with Crippen LogP contribution in [-0.4, -0.2) is 57.3 Å². The van der Waals surface area contributed by atoms with E-state index < -0.39 is 0 Å². The van der Waals surface area contributed by atoms with Gasteiger partial charge in [-0.1, -0.05) is 39.8 Å². The fraction of sp³-hybridized carbons (Fsp3) is 0.692. The molecule has 6 nitrogen and oxygen atoms in total. The molecule has 0 aliphatic carbocycles. The van der Waals surface area contributed by atoms with Crippen LogP contribution in [0.1, 0.15) is 52.5 Å². The van der Waals surface area contributed by atoms with Gasteiger partial charge in [-0.15, -0.1) is 0 Å². The van der Waals surface area contributed by atoms with Gasteiger partial charge in [0.1, 0.15) is 0 Å². The third-order valence-electron chi connectivity index (χ3n) is 5.82. The van der Waals surface area contributed by atoms with Crippen molar-refractivity contribution in [3.8, 4) is 11.6 Å². The highest BCUT2D eigenvalue weighted by molar-refractivity contribution is 5.78. The fourth-order valence-corrected chi connectivity index (χ4v) is 3.62. The van der Waals surface area contributed by atoms with Gasteiger partial charge in [0.05, 0.1) is 13.7 Å². The second-order valence-corrected chi connectivity index (χ2v) is 9.28. The lowest BCUT2D eigenvalue weighted by Gasteiger charge is -2.23. The number of pyridine rings is 1. The molecule has 0 bridgehead atoms. The summed E-state index contributed by atoms with van der Waals surface area (Å²) in [6.07, 6.45) is 9.77. The number of allylic oxidation sites excluding steroid dienone is 2. The Morgan fingerprint density at radius 2 is 1.75 bits per heavy atom.